The van der Waals surface area contributed by atoms with E-state index in [2.05, 4.69) is 0 Å². The van der Waals surface area contributed by atoms with Crippen molar-refractivity contribution in [1.82, 2.24) is 9.80 Å². The molecule has 0 spiro atoms. The van der Waals surface area contributed by atoms with E-state index < -0.39 is 0 Å². The summed E-state index contributed by atoms with van der Waals surface area (Å²) in [7, 11) is 0. The molecule has 2 fully saturated rings. The Balaban J connectivity index is 1.72. The van der Waals surface area contributed by atoms with Crippen LogP contribution in [-0.4, -0.2) is 52.4 Å². The van der Waals surface area contributed by atoms with Crippen LogP contribution in [0.25, 0.3) is 0 Å². The summed E-state index contributed by atoms with van der Waals surface area (Å²) in [6.45, 7) is 1.83. The van der Waals surface area contributed by atoms with Crippen molar-refractivity contribution in [3.8, 4) is 5.75 Å². The number of hydrogen-bond acceptors (Lipinski definition) is 3. The first kappa shape index (κ1) is 12.0. The standard InChI is InChI=1S/C14H16N2O3/c17-12-4-1-10(2-5-12)14(19)15-7-8-16-11(9-15)3-6-13(16)18/h1-2,4-5,11,17H,3,6-9H2. The highest BCUT2D eigenvalue weighted by molar-refractivity contribution is 5.94. The molecule has 0 aromatic heterocycles. The maximum atomic E-state index is 12.3. The Kier molecular flexibility index (Phi) is 2.89. The molecule has 2 saturated heterocycles. The first-order valence-corrected chi connectivity index (χ1v) is 6.53. The lowest BCUT2D eigenvalue weighted by molar-refractivity contribution is -0.130. The highest BCUT2D eigenvalue weighted by Gasteiger charge is 2.36. The Bertz CT molecular complexity index is 512. The first-order chi connectivity index (χ1) is 9.15. The van der Waals surface area contributed by atoms with Gasteiger partial charge in [0, 0.05) is 37.7 Å². The predicted molar refractivity (Wildman–Crippen MR) is 68.7 cm³/mol. The summed E-state index contributed by atoms with van der Waals surface area (Å²) in [6.07, 6.45) is 1.45. The van der Waals surface area contributed by atoms with Crippen LogP contribution in [0.5, 0.6) is 5.75 Å². The minimum Gasteiger partial charge on any atom is -0.508 e. The predicted octanol–water partition coefficient (Wildman–Crippen LogP) is 0.839. The fourth-order valence-electron chi connectivity index (χ4n) is 2.84. The lowest BCUT2D eigenvalue weighted by Crippen LogP contribution is -2.53. The minimum absolute atomic E-state index is 0.0287. The van der Waals surface area contributed by atoms with Gasteiger partial charge in [0.05, 0.1) is 0 Å². The number of aromatic hydroxyl groups is 1. The second-order valence-electron chi connectivity index (χ2n) is 5.08. The number of fused-ring (bicyclic) bond motifs is 1. The van der Waals surface area contributed by atoms with Gasteiger partial charge in [0.15, 0.2) is 0 Å². The number of rotatable bonds is 1. The van der Waals surface area contributed by atoms with Crippen molar-refractivity contribution >= 4 is 11.8 Å². The molecular formula is C14H16N2O3. The zero-order chi connectivity index (χ0) is 13.4. The molecule has 100 valence electrons. The molecule has 0 aliphatic carbocycles. The van der Waals surface area contributed by atoms with Crippen LogP contribution < -0.4 is 0 Å². The quantitative estimate of drug-likeness (QED) is 0.814. The molecule has 0 saturated carbocycles. The van der Waals surface area contributed by atoms with Crippen LogP contribution in [-0.2, 0) is 4.79 Å². The van der Waals surface area contributed by atoms with Crippen molar-refractivity contribution in [3.63, 3.8) is 0 Å². The van der Waals surface area contributed by atoms with Gasteiger partial charge in [-0.25, -0.2) is 0 Å². The summed E-state index contributed by atoms with van der Waals surface area (Å²) in [5, 5.41) is 9.23. The smallest absolute Gasteiger partial charge is 0.253 e. The number of amides is 2. The highest BCUT2D eigenvalue weighted by Crippen LogP contribution is 2.24. The second kappa shape index (κ2) is 4.57. The zero-order valence-electron chi connectivity index (χ0n) is 10.6. The van der Waals surface area contributed by atoms with Crippen molar-refractivity contribution in [3.05, 3.63) is 29.8 Å². The molecule has 1 unspecified atom stereocenters. The second-order valence-corrected chi connectivity index (χ2v) is 5.08. The van der Waals surface area contributed by atoms with Crippen LogP contribution in [0.15, 0.2) is 24.3 Å². The third kappa shape index (κ3) is 2.16. The van der Waals surface area contributed by atoms with E-state index >= 15 is 0 Å². The van der Waals surface area contributed by atoms with Crippen molar-refractivity contribution in [2.24, 2.45) is 0 Å². The fourth-order valence-corrected chi connectivity index (χ4v) is 2.84. The van der Waals surface area contributed by atoms with Crippen molar-refractivity contribution < 1.29 is 14.7 Å². The molecule has 1 atom stereocenters. The van der Waals surface area contributed by atoms with Gasteiger partial charge in [-0.2, -0.15) is 0 Å². The van der Waals surface area contributed by atoms with Gasteiger partial charge in [0.1, 0.15) is 5.75 Å². The SMILES string of the molecule is O=C(c1ccc(O)cc1)N1CCN2C(=O)CCC2C1. The van der Waals surface area contributed by atoms with Crippen LogP contribution in [0.1, 0.15) is 23.2 Å². The Morgan fingerprint density at radius 1 is 1.21 bits per heavy atom. The van der Waals surface area contributed by atoms with Gasteiger partial charge < -0.3 is 14.9 Å². The molecule has 2 heterocycles. The average molecular weight is 260 g/mol. The summed E-state index contributed by atoms with van der Waals surface area (Å²) >= 11 is 0. The van der Waals surface area contributed by atoms with E-state index in [-0.39, 0.29) is 23.6 Å². The molecule has 19 heavy (non-hydrogen) atoms. The lowest BCUT2D eigenvalue weighted by atomic mass is 10.1. The number of carbonyl (C=O) groups excluding carboxylic acids is 2. The summed E-state index contributed by atoms with van der Waals surface area (Å²) in [5.74, 6) is 0.337. The van der Waals surface area contributed by atoms with Gasteiger partial charge in [0.2, 0.25) is 5.91 Å². The zero-order valence-corrected chi connectivity index (χ0v) is 10.6. The van der Waals surface area contributed by atoms with Gasteiger partial charge in [-0.05, 0) is 30.7 Å². The van der Waals surface area contributed by atoms with Crippen molar-refractivity contribution in [2.75, 3.05) is 19.6 Å². The molecule has 0 radical (unpaired) electrons. The van der Waals surface area contributed by atoms with E-state index in [9.17, 15) is 14.7 Å². The van der Waals surface area contributed by atoms with Gasteiger partial charge in [-0.15, -0.1) is 0 Å². The van der Waals surface area contributed by atoms with Gasteiger partial charge in [-0.3, -0.25) is 9.59 Å². The molecule has 1 N–H and O–H groups in total. The molecule has 5 heteroatoms. The number of benzene rings is 1. The van der Waals surface area contributed by atoms with Crippen molar-refractivity contribution in [1.29, 1.82) is 0 Å². The Morgan fingerprint density at radius 3 is 2.68 bits per heavy atom. The summed E-state index contributed by atoms with van der Waals surface area (Å²) < 4.78 is 0. The third-order valence-electron chi connectivity index (χ3n) is 3.90. The number of nitrogens with zero attached hydrogens (tertiary/aromatic N) is 2. The summed E-state index contributed by atoms with van der Waals surface area (Å²) in [4.78, 5) is 27.6. The number of phenols is 1. The van der Waals surface area contributed by atoms with E-state index in [1.165, 1.54) is 12.1 Å². The van der Waals surface area contributed by atoms with Crippen LogP contribution in [0.2, 0.25) is 0 Å². The largest absolute Gasteiger partial charge is 0.508 e. The molecule has 1 aromatic rings. The molecule has 3 rings (SSSR count). The van der Waals surface area contributed by atoms with Gasteiger partial charge >= 0.3 is 0 Å². The van der Waals surface area contributed by atoms with Crippen LogP contribution in [0.4, 0.5) is 0 Å². The summed E-state index contributed by atoms with van der Waals surface area (Å²) in [5.41, 5.74) is 0.579. The lowest BCUT2D eigenvalue weighted by Gasteiger charge is -2.37. The first-order valence-electron chi connectivity index (χ1n) is 6.53. The maximum Gasteiger partial charge on any atom is 0.253 e. The van der Waals surface area contributed by atoms with E-state index in [0.29, 0.717) is 31.6 Å². The molecule has 2 aliphatic rings. The van der Waals surface area contributed by atoms with Crippen LogP contribution in [0.3, 0.4) is 0 Å². The normalized spacial score (nSPS) is 22.5. The van der Waals surface area contributed by atoms with Crippen LogP contribution in [0, 0.1) is 0 Å². The average Bonchev–Trinajstić information content (AvgIpc) is 2.80. The molecule has 2 amide bonds. The molecule has 2 aliphatic heterocycles. The van der Waals surface area contributed by atoms with Gasteiger partial charge in [-0.1, -0.05) is 0 Å². The molecule has 1 aromatic carbocycles. The van der Waals surface area contributed by atoms with E-state index in [4.69, 9.17) is 0 Å². The highest BCUT2D eigenvalue weighted by atomic mass is 16.3. The monoisotopic (exact) mass is 260 g/mol. The molecule has 5 nitrogen and oxygen atoms in total. The third-order valence-corrected chi connectivity index (χ3v) is 3.90. The fraction of sp³-hybridized carbons (Fsp3) is 0.429. The topological polar surface area (TPSA) is 60.9 Å². The van der Waals surface area contributed by atoms with E-state index in [1.54, 1.807) is 17.0 Å². The van der Waals surface area contributed by atoms with E-state index in [1.807, 2.05) is 4.90 Å². The maximum absolute atomic E-state index is 12.3. The number of carbonyl (C=O) groups is 2. The minimum atomic E-state index is -0.0287. The number of phenolic OH excluding ortho intramolecular Hbond substituents is 1. The molecule has 0 bridgehead atoms. The van der Waals surface area contributed by atoms with Crippen molar-refractivity contribution in [2.45, 2.75) is 18.9 Å². The Hall–Kier alpha value is -2.04. The Morgan fingerprint density at radius 2 is 1.95 bits per heavy atom. The Labute approximate surface area is 111 Å². The van der Waals surface area contributed by atoms with Crippen LogP contribution >= 0.6 is 0 Å². The van der Waals surface area contributed by atoms with E-state index in [0.717, 1.165) is 6.42 Å². The number of piperazine rings is 1. The van der Waals surface area contributed by atoms with Gasteiger partial charge in [0.25, 0.3) is 5.91 Å². The summed E-state index contributed by atoms with van der Waals surface area (Å²) in [6, 6.07) is 6.47. The molecular weight excluding hydrogens is 244 g/mol. The number of hydrogen-bond donors (Lipinski definition) is 1.